The number of hydrogen-bond donors (Lipinski definition) is 4. The molecular weight excluding hydrogens is 482 g/mol. The monoisotopic (exact) mass is 535 g/mol. The molecule has 4 N–H and O–H groups in total. The standard InChI is InChI=1S/C25H46O6.C6H7N/c1-2-3-4-5-6-7-8-9-10-11-12-13-14-16-21(24(28)29)17-15-18-22(25(30)31)19-20-23(26)27;1-2-4-6-7-5-3-1/h21-22H,2-20H2,1H3,(H,26,27)(H,28,29)(H,30,31);1-7H. The quantitative estimate of drug-likeness (QED) is 0.0975. The van der Waals surface area contributed by atoms with Crippen molar-refractivity contribution < 1.29 is 29.7 Å². The molecule has 0 saturated heterocycles. The van der Waals surface area contributed by atoms with Crippen LogP contribution >= 0.6 is 0 Å². The molecule has 38 heavy (non-hydrogen) atoms. The predicted molar refractivity (Wildman–Crippen MR) is 154 cm³/mol. The van der Waals surface area contributed by atoms with Crippen molar-refractivity contribution in [3.63, 3.8) is 0 Å². The number of aliphatic carboxylic acids is 3. The minimum absolute atomic E-state index is 0.0985. The van der Waals surface area contributed by atoms with Crippen LogP contribution in [-0.4, -0.2) is 33.2 Å². The summed E-state index contributed by atoms with van der Waals surface area (Å²) < 4.78 is 0. The van der Waals surface area contributed by atoms with Crippen LogP contribution in [-0.2, 0) is 14.4 Å². The van der Waals surface area contributed by atoms with E-state index in [1.807, 2.05) is 36.7 Å². The van der Waals surface area contributed by atoms with Crippen molar-refractivity contribution in [1.82, 2.24) is 5.32 Å². The fourth-order valence-corrected chi connectivity index (χ4v) is 4.51. The normalized spacial score (nSPS) is 13.6. The van der Waals surface area contributed by atoms with Crippen molar-refractivity contribution >= 4 is 17.9 Å². The topological polar surface area (TPSA) is 124 Å². The molecule has 0 aromatic rings. The second-order valence-electron chi connectivity index (χ2n) is 10.2. The van der Waals surface area contributed by atoms with E-state index in [1.54, 1.807) is 0 Å². The van der Waals surface area contributed by atoms with Crippen LogP contribution in [0.15, 0.2) is 36.7 Å². The number of carboxylic acid groups (broad SMARTS) is 3. The van der Waals surface area contributed by atoms with Crippen LogP contribution in [0.3, 0.4) is 0 Å². The summed E-state index contributed by atoms with van der Waals surface area (Å²) in [4.78, 5) is 33.3. The van der Waals surface area contributed by atoms with Gasteiger partial charge in [-0.3, -0.25) is 14.4 Å². The van der Waals surface area contributed by atoms with Gasteiger partial charge < -0.3 is 20.6 Å². The van der Waals surface area contributed by atoms with Gasteiger partial charge in [-0.2, -0.15) is 0 Å². The average Bonchev–Trinajstić information content (AvgIpc) is 3.20. The molecule has 0 bridgehead atoms. The van der Waals surface area contributed by atoms with Gasteiger partial charge in [-0.1, -0.05) is 109 Å². The van der Waals surface area contributed by atoms with E-state index in [9.17, 15) is 24.6 Å². The van der Waals surface area contributed by atoms with Crippen LogP contribution in [0.25, 0.3) is 0 Å². The van der Waals surface area contributed by atoms with Gasteiger partial charge in [-0.25, -0.2) is 0 Å². The molecule has 0 aromatic carbocycles. The first kappa shape index (κ1) is 35.4. The van der Waals surface area contributed by atoms with Crippen molar-refractivity contribution in [3.05, 3.63) is 36.7 Å². The van der Waals surface area contributed by atoms with Gasteiger partial charge in [0.1, 0.15) is 0 Å². The van der Waals surface area contributed by atoms with Crippen LogP contribution in [0.2, 0.25) is 0 Å². The van der Waals surface area contributed by atoms with E-state index in [1.165, 1.54) is 64.2 Å². The highest BCUT2D eigenvalue weighted by Crippen LogP contribution is 2.22. The fourth-order valence-electron chi connectivity index (χ4n) is 4.51. The van der Waals surface area contributed by atoms with Crippen molar-refractivity contribution in [1.29, 1.82) is 0 Å². The number of rotatable bonds is 23. The van der Waals surface area contributed by atoms with Crippen molar-refractivity contribution in [2.45, 2.75) is 129 Å². The summed E-state index contributed by atoms with van der Waals surface area (Å²) in [6, 6.07) is 0. The summed E-state index contributed by atoms with van der Waals surface area (Å²) in [5.41, 5.74) is 0. The molecule has 1 aliphatic rings. The summed E-state index contributed by atoms with van der Waals surface area (Å²) in [6.07, 6.45) is 29.8. The Labute approximate surface area is 230 Å². The van der Waals surface area contributed by atoms with Gasteiger partial charge in [-0.15, -0.1) is 0 Å². The van der Waals surface area contributed by atoms with Crippen LogP contribution in [0, 0.1) is 11.8 Å². The molecule has 2 unspecified atom stereocenters. The number of nitrogens with one attached hydrogen (secondary N) is 1. The predicted octanol–water partition coefficient (Wildman–Crippen LogP) is 8.08. The lowest BCUT2D eigenvalue weighted by Gasteiger charge is -2.15. The molecular formula is C31H53NO6. The van der Waals surface area contributed by atoms with E-state index >= 15 is 0 Å². The van der Waals surface area contributed by atoms with E-state index in [2.05, 4.69) is 12.2 Å². The Morgan fingerprint density at radius 3 is 1.37 bits per heavy atom. The van der Waals surface area contributed by atoms with Gasteiger partial charge in [0.05, 0.1) is 11.8 Å². The first-order valence-electron chi connectivity index (χ1n) is 14.8. The SMILES string of the molecule is C1=CC=CNC=C1.CCCCCCCCCCCCCCCC(CCCC(CCC(=O)O)C(=O)O)C(=O)O. The number of hydrogen-bond acceptors (Lipinski definition) is 4. The Bertz CT molecular complexity index is 686. The molecule has 7 heteroatoms. The zero-order chi connectivity index (χ0) is 28.3. The minimum atomic E-state index is -1.00. The summed E-state index contributed by atoms with van der Waals surface area (Å²) in [5, 5.41) is 30.2. The molecule has 0 fully saturated rings. The molecule has 218 valence electrons. The Morgan fingerprint density at radius 1 is 0.553 bits per heavy atom. The maximum Gasteiger partial charge on any atom is 0.306 e. The second-order valence-corrected chi connectivity index (χ2v) is 10.2. The van der Waals surface area contributed by atoms with Gasteiger partial charge in [0.15, 0.2) is 0 Å². The van der Waals surface area contributed by atoms with Crippen molar-refractivity contribution in [2.75, 3.05) is 0 Å². The molecule has 0 saturated carbocycles. The van der Waals surface area contributed by atoms with E-state index < -0.39 is 29.7 Å². The third-order valence-electron chi connectivity index (χ3n) is 6.88. The molecule has 0 radical (unpaired) electrons. The molecule has 7 nitrogen and oxygen atoms in total. The Balaban J connectivity index is 0.00000167. The van der Waals surface area contributed by atoms with Crippen molar-refractivity contribution in [3.8, 4) is 0 Å². The Kier molecular flexibility index (Phi) is 24.3. The first-order chi connectivity index (χ1) is 18.4. The lowest BCUT2D eigenvalue weighted by Crippen LogP contribution is -2.17. The van der Waals surface area contributed by atoms with Gasteiger partial charge >= 0.3 is 17.9 Å². The van der Waals surface area contributed by atoms with Crippen LogP contribution < -0.4 is 5.32 Å². The molecule has 0 spiro atoms. The molecule has 1 heterocycles. The summed E-state index contributed by atoms with van der Waals surface area (Å²) in [5.74, 6) is -3.94. The highest BCUT2D eigenvalue weighted by atomic mass is 16.4. The third-order valence-corrected chi connectivity index (χ3v) is 6.88. The lowest BCUT2D eigenvalue weighted by atomic mass is 9.91. The molecule has 1 rings (SSSR count). The zero-order valence-electron chi connectivity index (χ0n) is 23.6. The molecule has 0 aromatic heterocycles. The zero-order valence-corrected chi connectivity index (χ0v) is 23.6. The van der Waals surface area contributed by atoms with E-state index in [4.69, 9.17) is 5.11 Å². The Hall–Kier alpha value is -2.57. The molecule has 1 aliphatic heterocycles. The van der Waals surface area contributed by atoms with Crippen LogP contribution in [0.4, 0.5) is 0 Å². The van der Waals surface area contributed by atoms with E-state index in [-0.39, 0.29) is 12.8 Å². The highest BCUT2D eigenvalue weighted by molar-refractivity contribution is 5.72. The average molecular weight is 536 g/mol. The number of carbonyl (C=O) groups is 3. The minimum Gasteiger partial charge on any atom is -0.481 e. The molecule has 0 aliphatic carbocycles. The Morgan fingerprint density at radius 2 is 0.947 bits per heavy atom. The summed E-state index contributed by atoms with van der Waals surface area (Å²) in [6.45, 7) is 2.24. The number of carboxylic acids is 3. The van der Waals surface area contributed by atoms with Crippen LogP contribution in [0.5, 0.6) is 0 Å². The maximum absolute atomic E-state index is 11.5. The summed E-state index contributed by atoms with van der Waals surface area (Å²) >= 11 is 0. The van der Waals surface area contributed by atoms with E-state index in [0.717, 1.165) is 19.3 Å². The van der Waals surface area contributed by atoms with Crippen LogP contribution in [0.1, 0.15) is 129 Å². The van der Waals surface area contributed by atoms with E-state index in [0.29, 0.717) is 25.7 Å². The highest BCUT2D eigenvalue weighted by Gasteiger charge is 2.21. The molecule has 2 atom stereocenters. The number of unbranched alkanes of at least 4 members (excludes halogenated alkanes) is 12. The van der Waals surface area contributed by atoms with Gasteiger partial charge in [0.25, 0.3) is 0 Å². The summed E-state index contributed by atoms with van der Waals surface area (Å²) in [7, 11) is 0. The first-order valence-corrected chi connectivity index (χ1v) is 14.8. The van der Waals surface area contributed by atoms with Gasteiger partial charge in [0, 0.05) is 18.8 Å². The second kappa shape index (κ2) is 26.1. The lowest BCUT2D eigenvalue weighted by molar-refractivity contribution is -0.143. The largest absolute Gasteiger partial charge is 0.481 e. The maximum atomic E-state index is 11.5. The smallest absolute Gasteiger partial charge is 0.306 e. The van der Waals surface area contributed by atoms with Crippen molar-refractivity contribution in [2.24, 2.45) is 11.8 Å². The third kappa shape index (κ3) is 23.8. The molecule has 0 amide bonds. The number of allylic oxidation sites excluding steroid dienone is 4. The fraction of sp³-hybridized carbons (Fsp3) is 0.710. The van der Waals surface area contributed by atoms with Gasteiger partial charge in [0.2, 0.25) is 0 Å². The van der Waals surface area contributed by atoms with Gasteiger partial charge in [-0.05, 0) is 37.8 Å².